The molecule has 0 bridgehead atoms. The predicted molar refractivity (Wildman–Crippen MR) is 258 cm³/mol. The Hall–Kier alpha value is -8.34. The van der Waals surface area contributed by atoms with E-state index in [1.807, 2.05) is 12.1 Å². The van der Waals surface area contributed by atoms with E-state index in [1.54, 1.807) is 0 Å². The smallest absolute Gasteiger partial charge is 0.143 e. The van der Waals surface area contributed by atoms with Gasteiger partial charge in [0.15, 0.2) is 0 Å². The van der Waals surface area contributed by atoms with Gasteiger partial charge in [0.05, 0.1) is 22.1 Å². The van der Waals surface area contributed by atoms with E-state index in [1.165, 1.54) is 27.4 Å². The van der Waals surface area contributed by atoms with Crippen LogP contribution in [0.4, 0.5) is 17.1 Å². The Morgan fingerprint density at radius 3 is 1.95 bits per heavy atom. The van der Waals surface area contributed by atoms with Crippen LogP contribution in [0.5, 0.6) is 0 Å². The second-order valence-electron chi connectivity index (χ2n) is 16.0. The fourth-order valence-corrected chi connectivity index (χ4v) is 9.75. The molecular formula is C58H36N2O2. The number of aromatic nitrogens is 1. The average Bonchev–Trinajstić information content (AvgIpc) is 4.02. The summed E-state index contributed by atoms with van der Waals surface area (Å²) in [6, 6.07) is 77.9. The molecule has 0 N–H and O–H groups in total. The number of nitrogens with zero attached hydrogens (tertiary/aromatic N) is 2. The van der Waals surface area contributed by atoms with Gasteiger partial charge in [-0.05, 0) is 101 Å². The van der Waals surface area contributed by atoms with Gasteiger partial charge in [-0.2, -0.15) is 0 Å². The van der Waals surface area contributed by atoms with Crippen molar-refractivity contribution in [3.05, 3.63) is 218 Å². The van der Waals surface area contributed by atoms with Crippen molar-refractivity contribution in [2.45, 2.75) is 0 Å². The maximum atomic E-state index is 6.73. The topological polar surface area (TPSA) is 34.5 Å². The third kappa shape index (κ3) is 5.27. The van der Waals surface area contributed by atoms with Gasteiger partial charge < -0.3 is 18.3 Å². The fourth-order valence-electron chi connectivity index (χ4n) is 9.75. The highest BCUT2D eigenvalue weighted by Gasteiger charge is 2.22. The Labute approximate surface area is 356 Å². The van der Waals surface area contributed by atoms with Gasteiger partial charge in [0.1, 0.15) is 22.3 Å². The summed E-state index contributed by atoms with van der Waals surface area (Å²) in [6.45, 7) is 0. The molecule has 3 heterocycles. The molecule has 4 heteroatoms. The van der Waals surface area contributed by atoms with Crippen LogP contribution in [0.1, 0.15) is 0 Å². The highest BCUT2D eigenvalue weighted by Crippen LogP contribution is 2.46. The van der Waals surface area contributed by atoms with Crippen molar-refractivity contribution < 1.29 is 8.83 Å². The molecule has 0 atom stereocenters. The van der Waals surface area contributed by atoms with Crippen molar-refractivity contribution in [3.63, 3.8) is 0 Å². The van der Waals surface area contributed by atoms with E-state index in [0.717, 1.165) is 94.1 Å². The van der Waals surface area contributed by atoms with E-state index in [0.29, 0.717) is 0 Å². The average molecular weight is 793 g/mol. The molecule has 0 saturated heterocycles. The standard InChI is InChI=1S/C58H36N2O2/c1-2-15-41(16-3-1)60-51-23-8-6-19-46(51)50-36-39(30-34-52(50)60)37-27-31-42(32-28-37)59(53-24-12-26-55-56(53)49-33-29-38-13-4-5-18-44(38)58(49)62-55)43-17-10-14-40(35-43)45-21-11-22-48-47-20-7-9-25-54(47)61-57(45)48/h1-36H. The van der Waals surface area contributed by atoms with Gasteiger partial charge in [0.2, 0.25) is 0 Å². The summed E-state index contributed by atoms with van der Waals surface area (Å²) in [6.07, 6.45) is 0. The van der Waals surface area contributed by atoms with Gasteiger partial charge in [0, 0.05) is 54.9 Å². The monoisotopic (exact) mass is 792 g/mol. The third-order valence-corrected chi connectivity index (χ3v) is 12.6. The molecule has 10 aromatic carbocycles. The molecule has 0 amide bonds. The normalized spacial score (nSPS) is 11.9. The van der Waals surface area contributed by atoms with Crippen molar-refractivity contribution in [3.8, 4) is 27.9 Å². The number of anilines is 3. The lowest BCUT2D eigenvalue weighted by Gasteiger charge is -2.27. The number of fused-ring (bicyclic) bond motifs is 11. The number of hydrogen-bond acceptors (Lipinski definition) is 3. The Bertz CT molecular complexity index is 3870. The van der Waals surface area contributed by atoms with Crippen molar-refractivity contribution in [2.75, 3.05) is 4.90 Å². The third-order valence-electron chi connectivity index (χ3n) is 12.6. The number of hydrogen-bond donors (Lipinski definition) is 0. The highest BCUT2D eigenvalue weighted by atomic mass is 16.3. The lowest BCUT2D eigenvalue weighted by Crippen LogP contribution is -2.10. The van der Waals surface area contributed by atoms with Crippen molar-refractivity contribution in [2.24, 2.45) is 0 Å². The van der Waals surface area contributed by atoms with Crippen LogP contribution in [-0.4, -0.2) is 4.57 Å². The number of para-hydroxylation sites is 4. The van der Waals surface area contributed by atoms with Crippen molar-refractivity contribution in [1.82, 2.24) is 4.57 Å². The molecule has 0 spiro atoms. The molecule has 0 aliphatic heterocycles. The SMILES string of the molecule is c1ccc(-n2c3ccccc3c3cc(-c4ccc(N(c5cccc(-c6cccc7c6oc6ccccc67)c5)c5cccc6oc7c8ccccc8ccc7c56)cc4)ccc32)cc1. The quantitative estimate of drug-likeness (QED) is 0.168. The molecule has 3 aromatic heterocycles. The van der Waals surface area contributed by atoms with Crippen LogP contribution in [0.3, 0.4) is 0 Å². The molecule has 13 rings (SSSR count). The van der Waals surface area contributed by atoms with Crippen LogP contribution in [0.2, 0.25) is 0 Å². The molecule has 62 heavy (non-hydrogen) atoms. The van der Waals surface area contributed by atoms with Crippen LogP contribution < -0.4 is 4.90 Å². The lowest BCUT2D eigenvalue weighted by atomic mass is 10.00. The molecular weight excluding hydrogens is 757 g/mol. The molecule has 0 radical (unpaired) electrons. The molecule has 0 saturated carbocycles. The minimum absolute atomic E-state index is 0.849. The Balaban J connectivity index is 0.985. The molecule has 13 aromatic rings. The molecule has 4 nitrogen and oxygen atoms in total. The summed E-state index contributed by atoms with van der Waals surface area (Å²) in [7, 11) is 0. The van der Waals surface area contributed by atoms with E-state index in [9.17, 15) is 0 Å². The van der Waals surface area contributed by atoms with Gasteiger partial charge >= 0.3 is 0 Å². The van der Waals surface area contributed by atoms with Crippen LogP contribution in [-0.2, 0) is 0 Å². The first-order chi connectivity index (χ1) is 30.7. The van der Waals surface area contributed by atoms with Gasteiger partial charge in [-0.3, -0.25) is 0 Å². The van der Waals surface area contributed by atoms with E-state index in [4.69, 9.17) is 8.83 Å². The number of furan rings is 2. The Morgan fingerprint density at radius 1 is 0.355 bits per heavy atom. The Morgan fingerprint density at radius 2 is 1.05 bits per heavy atom. The maximum Gasteiger partial charge on any atom is 0.143 e. The second kappa shape index (κ2) is 13.6. The van der Waals surface area contributed by atoms with Crippen LogP contribution in [0, 0.1) is 0 Å². The minimum atomic E-state index is 0.849. The lowest BCUT2D eigenvalue weighted by molar-refractivity contribution is 0.670. The first kappa shape index (κ1) is 34.5. The molecule has 290 valence electrons. The molecule has 0 fully saturated rings. The van der Waals surface area contributed by atoms with E-state index >= 15 is 0 Å². The van der Waals surface area contributed by atoms with Crippen molar-refractivity contribution in [1.29, 1.82) is 0 Å². The summed E-state index contributed by atoms with van der Waals surface area (Å²) in [4.78, 5) is 2.37. The number of rotatable bonds is 6. The van der Waals surface area contributed by atoms with E-state index in [2.05, 4.69) is 216 Å². The zero-order valence-electron chi connectivity index (χ0n) is 33.5. The largest absolute Gasteiger partial charge is 0.455 e. The van der Waals surface area contributed by atoms with E-state index < -0.39 is 0 Å². The molecule has 0 aliphatic rings. The maximum absolute atomic E-state index is 6.73. The summed E-state index contributed by atoms with van der Waals surface area (Å²) in [5, 5.41) is 9.12. The van der Waals surface area contributed by atoms with Gasteiger partial charge in [0.25, 0.3) is 0 Å². The van der Waals surface area contributed by atoms with Gasteiger partial charge in [-0.1, -0.05) is 140 Å². The zero-order valence-corrected chi connectivity index (χ0v) is 33.5. The Kier molecular flexibility index (Phi) is 7.57. The minimum Gasteiger partial charge on any atom is -0.455 e. The number of benzene rings is 10. The molecule has 0 unspecified atom stereocenters. The summed E-state index contributed by atoms with van der Waals surface area (Å²) in [5.41, 5.74) is 14.6. The second-order valence-corrected chi connectivity index (χ2v) is 16.0. The van der Waals surface area contributed by atoms with E-state index in [-0.39, 0.29) is 0 Å². The van der Waals surface area contributed by atoms with Crippen LogP contribution >= 0.6 is 0 Å². The summed E-state index contributed by atoms with van der Waals surface area (Å²) in [5.74, 6) is 0. The van der Waals surface area contributed by atoms with Crippen LogP contribution in [0.25, 0.3) is 104 Å². The predicted octanol–water partition coefficient (Wildman–Crippen LogP) is 16.5. The first-order valence-electron chi connectivity index (χ1n) is 21.1. The fraction of sp³-hybridized carbons (Fsp3) is 0. The first-order valence-corrected chi connectivity index (χ1v) is 21.1. The summed E-state index contributed by atoms with van der Waals surface area (Å²) < 4.78 is 15.6. The van der Waals surface area contributed by atoms with Crippen molar-refractivity contribution >= 4 is 93.5 Å². The van der Waals surface area contributed by atoms with Gasteiger partial charge in [-0.15, -0.1) is 0 Å². The van der Waals surface area contributed by atoms with Gasteiger partial charge in [-0.25, -0.2) is 0 Å². The zero-order chi connectivity index (χ0) is 40.7. The van der Waals surface area contributed by atoms with Crippen LogP contribution in [0.15, 0.2) is 227 Å². The molecule has 0 aliphatic carbocycles. The highest BCUT2D eigenvalue weighted by molar-refractivity contribution is 6.20. The summed E-state index contributed by atoms with van der Waals surface area (Å²) >= 11 is 0.